The van der Waals surface area contributed by atoms with E-state index < -0.39 is 38.4 Å². The molecular formula is C34H60N4O7SSi. The first-order valence-corrected chi connectivity index (χ1v) is 21.0. The average molecular weight is 697 g/mol. The summed E-state index contributed by atoms with van der Waals surface area (Å²) < 4.78 is 12.7. The van der Waals surface area contributed by atoms with Gasteiger partial charge in [-0.2, -0.15) is 0 Å². The van der Waals surface area contributed by atoms with Crippen LogP contribution < -0.4 is 5.32 Å². The van der Waals surface area contributed by atoms with Crippen molar-refractivity contribution in [3.05, 3.63) is 16.1 Å². The number of piperidine rings is 1. The molecule has 1 aliphatic heterocycles. The summed E-state index contributed by atoms with van der Waals surface area (Å²) in [6, 6.07) is 1.07. The smallest absolute Gasteiger partial charge is 0.355 e. The molecule has 0 bridgehead atoms. The van der Waals surface area contributed by atoms with E-state index in [-0.39, 0.29) is 48.5 Å². The number of likely N-dealkylation sites (tertiary alicyclic amines) is 1. The third kappa shape index (κ3) is 11.4. The number of nitrogens with zero attached hydrogens (tertiary/aromatic N) is 3. The number of ether oxygens (including phenoxy) is 1. The molecule has 5 atom stereocenters. The van der Waals surface area contributed by atoms with Gasteiger partial charge in [0.15, 0.2) is 20.7 Å². The van der Waals surface area contributed by atoms with Gasteiger partial charge < -0.3 is 24.5 Å². The molecule has 0 radical (unpaired) electrons. The molecule has 2 N–H and O–H groups in total. The maximum atomic E-state index is 14.7. The van der Waals surface area contributed by atoms with Gasteiger partial charge in [-0.1, -0.05) is 68.2 Å². The number of nitrogens with one attached hydrogen (secondary N) is 1. The summed E-state index contributed by atoms with van der Waals surface area (Å²) in [6.07, 6.45) is 4.02. The highest BCUT2D eigenvalue weighted by Gasteiger charge is 2.41. The first kappa shape index (κ1) is 40.8. The van der Waals surface area contributed by atoms with Crippen LogP contribution in [0.4, 0.5) is 0 Å². The number of hydrogen-bond acceptors (Lipinski definition) is 9. The number of carboxylic acid groups (broad SMARTS) is 1. The van der Waals surface area contributed by atoms with Gasteiger partial charge in [0.2, 0.25) is 11.8 Å². The molecule has 2 rings (SSSR count). The molecule has 268 valence electrons. The fourth-order valence-corrected chi connectivity index (χ4v) is 10.0. The number of rotatable bonds is 20. The number of likely N-dealkylation sites (N-methyl/N-ethyl adjacent to an activating group) is 1. The largest absolute Gasteiger partial charge is 0.476 e. The lowest BCUT2D eigenvalue weighted by Crippen LogP contribution is -2.59. The number of esters is 1. The van der Waals surface area contributed by atoms with Crippen LogP contribution in [0.1, 0.15) is 122 Å². The zero-order valence-electron chi connectivity index (χ0n) is 30.2. The van der Waals surface area contributed by atoms with Crippen LogP contribution in [0.5, 0.6) is 0 Å². The normalized spacial score (nSPS) is 18.3. The molecule has 11 nitrogen and oxygen atoms in total. The summed E-state index contributed by atoms with van der Waals surface area (Å²) in [5.74, 6) is -2.23. The SMILES string of the molecule is CCCC(=O)OCN(C(=O)[C@@H](NC(=O)[C@H]1CCCCN1C)[C@@H](C)CC)[C@H](C[C@@H](O[Si](CC)(CC)CC)c1nc(C(=O)O)cs1)C(C)C. The van der Waals surface area contributed by atoms with E-state index in [4.69, 9.17) is 9.16 Å². The van der Waals surface area contributed by atoms with Gasteiger partial charge in [0.1, 0.15) is 11.0 Å². The molecule has 1 saturated heterocycles. The number of amides is 2. The summed E-state index contributed by atoms with van der Waals surface area (Å²) in [6.45, 7) is 16.8. The number of aromatic carboxylic acids is 1. The minimum atomic E-state index is -2.22. The van der Waals surface area contributed by atoms with Crippen molar-refractivity contribution in [2.75, 3.05) is 20.3 Å². The molecule has 0 aromatic carbocycles. The van der Waals surface area contributed by atoms with Crippen molar-refractivity contribution in [2.24, 2.45) is 11.8 Å². The average Bonchev–Trinajstić information content (AvgIpc) is 3.55. The van der Waals surface area contributed by atoms with Gasteiger partial charge in [-0.3, -0.25) is 19.3 Å². The molecule has 2 amide bonds. The van der Waals surface area contributed by atoms with Crippen LogP contribution >= 0.6 is 11.3 Å². The Morgan fingerprint density at radius 1 is 1.11 bits per heavy atom. The Labute approximate surface area is 287 Å². The second-order valence-electron chi connectivity index (χ2n) is 13.3. The van der Waals surface area contributed by atoms with Gasteiger partial charge in [-0.25, -0.2) is 9.78 Å². The van der Waals surface area contributed by atoms with Crippen LogP contribution in [-0.2, 0) is 23.5 Å². The maximum Gasteiger partial charge on any atom is 0.355 e. The highest BCUT2D eigenvalue weighted by molar-refractivity contribution is 7.09. The number of carboxylic acids is 1. The molecule has 13 heteroatoms. The fourth-order valence-electron chi connectivity index (χ4n) is 6.27. The Kier molecular flexibility index (Phi) is 17.0. The standard InChI is InChI=1S/C34H60N4O7SSi/c1-10-17-29(39)44-22-38(33(41)30(24(8)11-2)36-31(40)26-18-15-16-19-37(26)9)27(23(6)7)20-28(45-47(12-3,13-4)14-5)32-35-25(21-46-32)34(42)43/h21,23-24,26-28,30H,10-20,22H2,1-9H3,(H,36,40)(H,42,43)/t24-,26+,27+,28+,30-/m0/s1. The number of carbonyl (C=O) groups is 4. The second kappa shape index (κ2) is 19.6. The van der Waals surface area contributed by atoms with Gasteiger partial charge >= 0.3 is 11.9 Å². The minimum Gasteiger partial charge on any atom is -0.476 e. The van der Waals surface area contributed by atoms with Crippen molar-refractivity contribution in [1.29, 1.82) is 0 Å². The van der Waals surface area contributed by atoms with Crippen molar-refractivity contribution in [3.63, 3.8) is 0 Å². The summed E-state index contributed by atoms with van der Waals surface area (Å²) in [5.41, 5.74) is -0.0369. The van der Waals surface area contributed by atoms with Crippen molar-refractivity contribution >= 4 is 43.4 Å². The lowest BCUT2D eigenvalue weighted by molar-refractivity contribution is -0.159. The Hall–Kier alpha value is -2.35. The van der Waals surface area contributed by atoms with Crippen LogP contribution in [0.15, 0.2) is 5.38 Å². The Bertz CT molecular complexity index is 1150. The van der Waals surface area contributed by atoms with Gasteiger partial charge in [0, 0.05) is 17.8 Å². The van der Waals surface area contributed by atoms with E-state index in [0.29, 0.717) is 24.3 Å². The molecule has 1 fully saturated rings. The molecule has 1 aromatic heterocycles. The molecule has 47 heavy (non-hydrogen) atoms. The molecule has 0 spiro atoms. The van der Waals surface area contributed by atoms with Gasteiger partial charge in [0.05, 0.1) is 12.1 Å². The summed E-state index contributed by atoms with van der Waals surface area (Å²) in [7, 11) is -0.273. The molecule has 0 unspecified atom stereocenters. The van der Waals surface area contributed by atoms with Gasteiger partial charge in [-0.15, -0.1) is 11.3 Å². The molecule has 2 heterocycles. The Morgan fingerprint density at radius 3 is 2.28 bits per heavy atom. The first-order valence-electron chi connectivity index (χ1n) is 17.6. The monoisotopic (exact) mass is 696 g/mol. The van der Waals surface area contributed by atoms with Crippen LogP contribution in [0, 0.1) is 11.8 Å². The van der Waals surface area contributed by atoms with Gasteiger partial charge in [0.25, 0.3) is 0 Å². The number of aromatic nitrogens is 1. The van der Waals surface area contributed by atoms with E-state index in [2.05, 4.69) is 31.1 Å². The predicted molar refractivity (Wildman–Crippen MR) is 188 cm³/mol. The molecule has 0 aliphatic carbocycles. The van der Waals surface area contributed by atoms with Crippen LogP contribution in [-0.4, -0.2) is 90.4 Å². The fraction of sp³-hybridized carbons (Fsp3) is 0.794. The third-order valence-corrected chi connectivity index (χ3v) is 15.5. The lowest BCUT2D eigenvalue weighted by Gasteiger charge is -2.41. The maximum absolute atomic E-state index is 14.7. The van der Waals surface area contributed by atoms with Crippen molar-refractivity contribution in [1.82, 2.24) is 20.1 Å². The Morgan fingerprint density at radius 2 is 1.77 bits per heavy atom. The first-order chi connectivity index (χ1) is 22.3. The van der Waals surface area contributed by atoms with Crippen molar-refractivity contribution in [2.45, 2.75) is 143 Å². The van der Waals surface area contributed by atoms with Crippen LogP contribution in [0.2, 0.25) is 18.1 Å². The van der Waals surface area contributed by atoms with E-state index in [1.807, 2.05) is 46.6 Å². The molecule has 1 aliphatic rings. The topological polar surface area (TPSA) is 138 Å². The molecular weight excluding hydrogens is 637 g/mol. The Balaban J connectivity index is 2.58. The predicted octanol–water partition coefficient (Wildman–Crippen LogP) is 6.46. The van der Waals surface area contributed by atoms with Crippen molar-refractivity contribution < 1.29 is 33.4 Å². The van der Waals surface area contributed by atoms with E-state index >= 15 is 0 Å². The third-order valence-electron chi connectivity index (χ3n) is 9.92. The van der Waals surface area contributed by atoms with Gasteiger partial charge in [-0.05, 0) is 69.2 Å². The quantitative estimate of drug-likeness (QED) is 0.0893. The minimum absolute atomic E-state index is 0.0369. The van der Waals surface area contributed by atoms with E-state index in [1.165, 1.54) is 16.7 Å². The number of thiazole rings is 1. The molecule has 0 saturated carbocycles. The second-order valence-corrected chi connectivity index (χ2v) is 19.0. The summed E-state index contributed by atoms with van der Waals surface area (Å²) in [4.78, 5) is 60.9. The highest BCUT2D eigenvalue weighted by Crippen LogP contribution is 2.36. The van der Waals surface area contributed by atoms with E-state index in [9.17, 15) is 24.3 Å². The van der Waals surface area contributed by atoms with Crippen LogP contribution in [0.25, 0.3) is 0 Å². The summed E-state index contributed by atoms with van der Waals surface area (Å²) >= 11 is 1.25. The van der Waals surface area contributed by atoms with E-state index in [1.54, 1.807) is 4.90 Å². The van der Waals surface area contributed by atoms with E-state index in [0.717, 1.165) is 43.9 Å². The number of hydrogen-bond donors (Lipinski definition) is 2. The summed E-state index contributed by atoms with van der Waals surface area (Å²) in [5, 5.41) is 14.8. The van der Waals surface area contributed by atoms with Crippen molar-refractivity contribution in [3.8, 4) is 0 Å². The molecule has 1 aromatic rings. The van der Waals surface area contributed by atoms with Crippen LogP contribution in [0.3, 0.4) is 0 Å². The zero-order chi connectivity index (χ0) is 35.3. The number of carbonyl (C=O) groups excluding carboxylic acids is 3. The highest BCUT2D eigenvalue weighted by atomic mass is 32.1. The lowest BCUT2D eigenvalue weighted by atomic mass is 9.92. The zero-order valence-corrected chi connectivity index (χ0v) is 32.0.